The van der Waals surface area contributed by atoms with E-state index in [-0.39, 0.29) is 23.5 Å². The Balaban J connectivity index is 1.56. The van der Waals surface area contributed by atoms with Crippen molar-refractivity contribution in [1.29, 1.82) is 0 Å². The van der Waals surface area contributed by atoms with Crippen molar-refractivity contribution < 1.29 is 14.6 Å². The van der Waals surface area contributed by atoms with Crippen LogP contribution in [0.1, 0.15) is 31.1 Å². The minimum absolute atomic E-state index is 0.101. The van der Waals surface area contributed by atoms with Crippen LogP contribution < -0.4 is 0 Å². The zero-order valence-corrected chi connectivity index (χ0v) is 13.3. The number of hydrogen-bond donors (Lipinski definition) is 1. The number of thiophene rings is 1. The maximum Gasteiger partial charge on any atom is 0.227 e. The maximum absolute atomic E-state index is 12.3. The molecule has 1 aromatic rings. The predicted octanol–water partition coefficient (Wildman–Crippen LogP) is 2.07. The predicted molar refractivity (Wildman–Crippen MR) is 82.3 cm³/mol. The Morgan fingerprint density at radius 2 is 2.29 bits per heavy atom. The number of ether oxygens (including phenoxy) is 1. The Morgan fingerprint density at radius 1 is 1.52 bits per heavy atom. The minimum Gasteiger partial charge on any atom is -0.392 e. The molecule has 2 aliphatic rings. The highest BCUT2D eigenvalue weighted by molar-refractivity contribution is 7.10. The molecule has 21 heavy (non-hydrogen) atoms. The zero-order chi connectivity index (χ0) is 14.9. The van der Waals surface area contributed by atoms with Crippen molar-refractivity contribution in [1.82, 2.24) is 4.90 Å². The molecule has 0 aromatic carbocycles. The largest absolute Gasteiger partial charge is 0.392 e. The third-order valence-corrected chi connectivity index (χ3v) is 5.94. The number of piperidine rings is 1. The van der Waals surface area contributed by atoms with E-state index in [0.29, 0.717) is 13.0 Å². The van der Waals surface area contributed by atoms with Gasteiger partial charge in [-0.25, -0.2) is 0 Å². The maximum atomic E-state index is 12.3. The van der Waals surface area contributed by atoms with Crippen LogP contribution in [0.4, 0.5) is 0 Å². The highest BCUT2D eigenvalue weighted by Gasteiger charge is 2.56. The molecule has 1 spiro atoms. The lowest BCUT2D eigenvalue weighted by Crippen LogP contribution is -2.62. The van der Waals surface area contributed by atoms with Crippen molar-refractivity contribution in [2.24, 2.45) is 5.41 Å². The molecule has 1 aliphatic heterocycles. The molecule has 1 N–H and O–H groups in total. The molecule has 1 aliphatic carbocycles. The van der Waals surface area contributed by atoms with E-state index in [9.17, 15) is 9.90 Å². The van der Waals surface area contributed by atoms with Gasteiger partial charge in [-0.15, -0.1) is 11.3 Å². The van der Waals surface area contributed by atoms with Crippen LogP contribution in [-0.2, 0) is 16.0 Å². The number of rotatable bonds is 4. The molecule has 3 rings (SSSR count). The quantitative estimate of drug-likeness (QED) is 0.926. The SMILES string of the molecule is CCOC1CC(O)C12CCN(C(=O)Cc1cccs1)CC2. The standard InChI is InChI=1S/C16H23NO3S/c1-2-20-14-11-13(18)16(14)5-7-17(8-6-16)15(19)10-12-4-3-9-21-12/h3-4,9,13-14,18H,2,5-8,10-11H2,1H3. The molecule has 1 aromatic heterocycles. The van der Waals surface area contributed by atoms with Crippen molar-refractivity contribution in [3.8, 4) is 0 Å². The highest BCUT2D eigenvalue weighted by atomic mass is 32.1. The number of amides is 1. The zero-order valence-electron chi connectivity index (χ0n) is 12.5. The first-order chi connectivity index (χ1) is 10.2. The lowest BCUT2D eigenvalue weighted by atomic mass is 9.58. The summed E-state index contributed by atoms with van der Waals surface area (Å²) in [5.41, 5.74) is -0.101. The van der Waals surface area contributed by atoms with Gasteiger partial charge in [0.2, 0.25) is 5.91 Å². The number of aliphatic hydroxyl groups excluding tert-OH is 1. The molecule has 4 nitrogen and oxygen atoms in total. The molecule has 1 amide bonds. The number of likely N-dealkylation sites (tertiary alicyclic amines) is 1. The second-order valence-electron chi connectivity index (χ2n) is 6.07. The molecule has 116 valence electrons. The van der Waals surface area contributed by atoms with E-state index in [4.69, 9.17) is 4.74 Å². The lowest BCUT2D eigenvalue weighted by Gasteiger charge is -2.56. The van der Waals surface area contributed by atoms with E-state index in [1.807, 2.05) is 29.3 Å². The van der Waals surface area contributed by atoms with Crippen molar-refractivity contribution in [2.75, 3.05) is 19.7 Å². The van der Waals surface area contributed by atoms with Crippen LogP contribution in [0.3, 0.4) is 0 Å². The van der Waals surface area contributed by atoms with Crippen molar-refractivity contribution in [3.05, 3.63) is 22.4 Å². The summed E-state index contributed by atoms with van der Waals surface area (Å²) in [4.78, 5) is 15.4. The third-order valence-electron chi connectivity index (χ3n) is 5.06. The van der Waals surface area contributed by atoms with Gasteiger partial charge in [-0.1, -0.05) is 6.07 Å². The third kappa shape index (κ3) is 2.74. The summed E-state index contributed by atoms with van der Waals surface area (Å²) in [5.74, 6) is 0.203. The number of nitrogens with zero attached hydrogens (tertiary/aromatic N) is 1. The monoisotopic (exact) mass is 309 g/mol. The Labute approximate surface area is 129 Å². The summed E-state index contributed by atoms with van der Waals surface area (Å²) in [5, 5.41) is 12.2. The Hall–Kier alpha value is -0.910. The van der Waals surface area contributed by atoms with Gasteiger partial charge in [0.1, 0.15) is 0 Å². The lowest BCUT2D eigenvalue weighted by molar-refractivity contribution is -0.210. The van der Waals surface area contributed by atoms with Crippen LogP contribution in [-0.4, -0.2) is 47.8 Å². The van der Waals surface area contributed by atoms with Gasteiger partial charge in [0.15, 0.2) is 0 Å². The van der Waals surface area contributed by atoms with Crippen molar-refractivity contribution in [3.63, 3.8) is 0 Å². The first-order valence-electron chi connectivity index (χ1n) is 7.75. The van der Waals surface area contributed by atoms with E-state index in [0.717, 1.165) is 37.2 Å². The normalized spacial score (nSPS) is 27.6. The number of carbonyl (C=O) groups is 1. The summed E-state index contributed by atoms with van der Waals surface area (Å²) >= 11 is 1.63. The Kier molecular flexibility index (Phi) is 4.33. The highest BCUT2D eigenvalue weighted by Crippen LogP contribution is 2.50. The van der Waals surface area contributed by atoms with Crippen LogP contribution >= 0.6 is 11.3 Å². The fraction of sp³-hybridized carbons (Fsp3) is 0.688. The number of hydrogen-bond acceptors (Lipinski definition) is 4. The van der Waals surface area contributed by atoms with E-state index in [1.54, 1.807) is 11.3 Å². The van der Waals surface area contributed by atoms with Gasteiger partial charge in [-0.05, 0) is 31.2 Å². The van der Waals surface area contributed by atoms with Crippen LogP contribution in [0.25, 0.3) is 0 Å². The summed E-state index contributed by atoms with van der Waals surface area (Å²) in [6.07, 6.45) is 2.87. The first kappa shape index (κ1) is 15.0. The van der Waals surface area contributed by atoms with Crippen LogP contribution in [0.5, 0.6) is 0 Å². The van der Waals surface area contributed by atoms with Crippen LogP contribution in [0.15, 0.2) is 17.5 Å². The van der Waals surface area contributed by atoms with Crippen LogP contribution in [0.2, 0.25) is 0 Å². The van der Waals surface area contributed by atoms with E-state index >= 15 is 0 Å². The minimum atomic E-state index is -0.261. The molecule has 2 heterocycles. The molecule has 2 fully saturated rings. The van der Waals surface area contributed by atoms with Gasteiger partial charge in [-0.2, -0.15) is 0 Å². The average Bonchev–Trinajstić information content (AvgIpc) is 3.00. The van der Waals surface area contributed by atoms with Gasteiger partial charge < -0.3 is 14.7 Å². The molecule has 0 radical (unpaired) electrons. The van der Waals surface area contributed by atoms with E-state index in [1.165, 1.54) is 0 Å². The smallest absolute Gasteiger partial charge is 0.227 e. The molecule has 1 saturated carbocycles. The summed E-state index contributed by atoms with van der Waals surface area (Å²) < 4.78 is 5.76. The van der Waals surface area contributed by atoms with Crippen molar-refractivity contribution >= 4 is 17.2 Å². The Morgan fingerprint density at radius 3 is 2.86 bits per heavy atom. The second kappa shape index (κ2) is 6.07. The second-order valence-corrected chi connectivity index (χ2v) is 7.10. The summed E-state index contributed by atoms with van der Waals surface area (Å²) in [6.45, 7) is 4.17. The Bertz CT molecular complexity index is 478. The molecule has 2 atom stereocenters. The summed E-state index contributed by atoms with van der Waals surface area (Å²) in [6, 6.07) is 3.99. The molecule has 5 heteroatoms. The topological polar surface area (TPSA) is 49.8 Å². The first-order valence-corrected chi connectivity index (χ1v) is 8.63. The van der Waals surface area contributed by atoms with Crippen LogP contribution in [0, 0.1) is 5.41 Å². The van der Waals surface area contributed by atoms with Gasteiger partial charge >= 0.3 is 0 Å². The van der Waals surface area contributed by atoms with E-state index in [2.05, 4.69) is 0 Å². The molecule has 0 bridgehead atoms. The fourth-order valence-electron chi connectivity index (χ4n) is 3.66. The fourth-order valence-corrected chi connectivity index (χ4v) is 4.36. The average molecular weight is 309 g/mol. The van der Waals surface area contributed by atoms with Gasteiger partial charge in [-0.3, -0.25) is 4.79 Å². The summed E-state index contributed by atoms with van der Waals surface area (Å²) in [7, 11) is 0. The molecule has 2 unspecified atom stereocenters. The van der Waals surface area contributed by atoms with E-state index < -0.39 is 0 Å². The van der Waals surface area contributed by atoms with Gasteiger partial charge in [0.05, 0.1) is 18.6 Å². The molecular formula is C16H23NO3S. The number of carbonyl (C=O) groups excluding carboxylic acids is 1. The number of aliphatic hydroxyl groups is 1. The van der Waals surface area contributed by atoms with Gasteiger partial charge in [0.25, 0.3) is 0 Å². The van der Waals surface area contributed by atoms with Gasteiger partial charge in [0, 0.05) is 36.4 Å². The molecule has 1 saturated heterocycles. The molecular weight excluding hydrogens is 286 g/mol. The van der Waals surface area contributed by atoms with Crippen molar-refractivity contribution in [2.45, 2.75) is 44.8 Å².